The van der Waals surface area contributed by atoms with Crippen LogP contribution in [0.5, 0.6) is 0 Å². The highest BCUT2D eigenvalue weighted by molar-refractivity contribution is 4.77. The Hall–Kier alpha value is -0.120. The molecule has 0 aromatic heterocycles. The van der Waals surface area contributed by atoms with Gasteiger partial charge in [0.1, 0.15) is 0 Å². The summed E-state index contributed by atoms with van der Waals surface area (Å²) >= 11 is 0. The van der Waals surface area contributed by atoms with Gasteiger partial charge in [0.05, 0.1) is 6.10 Å². The summed E-state index contributed by atoms with van der Waals surface area (Å²) in [6, 6.07) is 0. The Morgan fingerprint density at radius 2 is 2.30 bits per heavy atom. The Morgan fingerprint density at radius 3 is 2.80 bits per heavy atom. The van der Waals surface area contributed by atoms with Gasteiger partial charge in [0.15, 0.2) is 0 Å². The van der Waals surface area contributed by atoms with E-state index in [4.69, 9.17) is 5.11 Å². The summed E-state index contributed by atoms with van der Waals surface area (Å²) in [5.74, 6) is 0.0683. The van der Waals surface area contributed by atoms with E-state index >= 15 is 0 Å². The maximum absolute atomic E-state index is 9.30. The summed E-state index contributed by atoms with van der Waals surface area (Å²) in [5.41, 5.74) is 0. The third-order valence-corrected chi connectivity index (χ3v) is 2.13. The van der Waals surface area contributed by atoms with E-state index in [2.05, 4.69) is 4.90 Å². The van der Waals surface area contributed by atoms with Gasteiger partial charge in [-0.1, -0.05) is 0 Å². The Kier molecular flexibility index (Phi) is 2.65. The van der Waals surface area contributed by atoms with E-state index in [1.807, 2.05) is 7.05 Å². The van der Waals surface area contributed by atoms with E-state index in [1.165, 1.54) is 0 Å². The standard InChI is InChI=1S/C7H15NO2/c1-8-3-2-7(10)6(4-8)5-9/h6-7,9-10H,2-5H2,1H3/t6-,7+/m1/s1. The van der Waals surface area contributed by atoms with Crippen LogP contribution in [0, 0.1) is 5.92 Å². The minimum Gasteiger partial charge on any atom is -0.396 e. The maximum atomic E-state index is 9.30. The second-order valence-corrected chi connectivity index (χ2v) is 3.06. The molecule has 1 aliphatic heterocycles. The topological polar surface area (TPSA) is 43.7 Å². The summed E-state index contributed by atoms with van der Waals surface area (Å²) in [4.78, 5) is 2.13. The molecular formula is C7H15NO2. The molecule has 0 amide bonds. The van der Waals surface area contributed by atoms with Gasteiger partial charge >= 0.3 is 0 Å². The van der Waals surface area contributed by atoms with Crippen LogP contribution >= 0.6 is 0 Å². The number of rotatable bonds is 1. The van der Waals surface area contributed by atoms with Gasteiger partial charge < -0.3 is 15.1 Å². The first-order valence-corrected chi connectivity index (χ1v) is 3.71. The van der Waals surface area contributed by atoms with Crippen LogP contribution in [-0.2, 0) is 0 Å². The van der Waals surface area contributed by atoms with Gasteiger partial charge in [0.25, 0.3) is 0 Å². The summed E-state index contributed by atoms with van der Waals surface area (Å²) < 4.78 is 0. The Balaban J connectivity index is 2.38. The number of piperidine rings is 1. The molecule has 0 radical (unpaired) electrons. The van der Waals surface area contributed by atoms with Crippen LogP contribution in [0.3, 0.4) is 0 Å². The van der Waals surface area contributed by atoms with E-state index in [0.717, 1.165) is 19.5 Å². The molecule has 1 fully saturated rings. The minimum atomic E-state index is -0.291. The lowest BCUT2D eigenvalue weighted by atomic mass is 9.96. The lowest BCUT2D eigenvalue weighted by molar-refractivity contribution is 0.00843. The minimum absolute atomic E-state index is 0.0683. The largest absolute Gasteiger partial charge is 0.396 e. The Morgan fingerprint density at radius 1 is 1.60 bits per heavy atom. The first kappa shape index (κ1) is 7.98. The van der Waals surface area contributed by atoms with Crippen molar-refractivity contribution in [2.45, 2.75) is 12.5 Å². The lowest BCUT2D eigenvalue weighted by Gasteiger charge is -2.32. The van der Waals surface area contributed by atoms with Gasteiger partial charge in [-0.2, -0.15) is 0 Å². The van der Waals surface area contributed by atoms with Gasteiger partial charge in [-0.25, -0.2) is 0 Å². The molecule has 10 heavy (non-hydrogen) atoms. The van der Waals surface area contributed by atoms with E-state index in [1.54, 1.807) is 0 Å². The van der Waals surface area contributed by atoms with Crippen LogP contribution in [0.25, 0.3) is 0 Å². The molecule has 0 bridgehead atoms. The van der Waals surface area contributed by atoms with E-state index in [9.17, 15) is 5.11 Å². The normalized spacial score (nSPS) is 36.3. The lowest BCUT2D eigenvalue weighted by Crippen LogP contribution is -2.42. The van der Waals surface area contributed by atoms with Crippen LogP contribution in [0.15, 0.2) is 0 Å². The molecule has 0 aromatic carbocycles. The fourth-order valence-electron chi connectivity index (χ4n) is 1.38. The number of nitrogens with zero attached hydrogens (tertiary/aromatic N) is 1. The van der Waals surface area contributed by atoms with E-state index in [-0.39, 0.29) is 18.6 Å². The molecule has 1 rings (SSSR count). The highest BCUT2D eigenvalue weighted by atomic mass is 16.3. The number of hydrogen-bond acceptors (Lipinski definition) is 3. The van der Waals surface area contributed by atoms with E-state index < -0.39 is 0 Å². The fourth-order valence-corrected chi connectivity index (χ4v) is 1.38. The van der Waals surface area contributed by atoms with Gasteiger partial charge in [-0.05, 0) is 13.5 Å². The summed E-state index contributed by atoms with van der Waals surface area (Å²) in [6.07, 6.45) is 0.503. The van der Waals surface area contributed by atoms with Crippen LogP contribution < -0.4 is 0 Å². The van der Waals surface area contributed by atoms with Crippen molar-refractivity contribution >= 4 is 0 Å². The molecule has 0 aromatic rings. The first-order chi connectivity index (χ1) is 4.74. The summed E-state index contributed by atoms with van der Waals surface area (Å²) in [5, 5.41) is 18.1. The molecule has 3 nitrogen and oxygen atoms in total. The number of aliphatic hydroxyl groups is 2. The third kappa shape index (κ3) is 1.68. The van der Waals surface area contributed by atoms with Crippen molar-refractivity contribution in [1.82, 2.24) is 4.90 Å². The molecule has 60 valence electrons. The smallest absolute Gasteiger partial charge is 0.0614 e. The van der Waals surface area contributed by atoms with Crippen molar-refractivity contribution in [3.05, 3.63) is 0 Å². The quantitative estimate of drug-likeness (QED) is 0.512. The highest BCUT2D eigenvalue weighted by Gasteiger charge is 2.24. The van der Waals surface area contributed by atoms with Crippen molar-refractivity contribution in [1.29, 1.82) is 0 Å². The zero-order chi connectivity index (χ0) is 7.56. The second kappa shape index (κ2) is 3.32. The van der Waals surface area contributed by atoms with Gasteiger partial charge in [0.2, 0.25) is 0 Å². The van der Waals surface area contributed by atoms with Crippen molar-refractivity contribution in [2.24, 2.45) is 5.92 Å². The number of aliphatic hydroxyl groups excluding tert-OH is 2. The monoisotopic (exact) mass is 145 g/mol. The Labute approximate surface area is 61.3 Å². The molecule has 0 unspecified atom stereocenters. The average Bonchev–Trinajstić information content (AvgIpc) is 1.94. The van der Waals surface area contributed by atoms with Crippen LogP contribution in [0.4, 0.5) is 0 Å². The van der Waals surface area contributed by atoms with Crippen LogP contribution in [-0.4, -0.2) is 48.0 Å². The van der Waals surface area contributed by atoms with Crippen LogP contribution in [0.1, 0.15) is 6.42 Å². The molecule has 1 heterocycles. The van der Waals surface area contributed by atoms with Crippen molar-refractivity contribution < 1.29 is 10.2 Å². The molecule has 3 heteroatoms. The molecule has 2 atom stereocenters. The van der Waals surface area contributed by atoms with E-state index in [0.29, 0.717) is 0 Å². The maximum Gasteiger partial charge on any atom is 0.0614 e. The predicted octanol–water partition coefficient (Wildman–Crippen LogP) is -0.709. The van der Waals surface area contributed by atoms with Crippen molar-refractivity contribution in [3.8, 4) is 0 Å². The summed E-state index contributed by atoms with van der Waals surface area (Å²) in [7, 11) is 2.01. The second-order valence-electron chi connectivity index (χ2n) is 3.06. The molecule has 0 saturated carbocycles. The van der Waals surface area contributed by atoms with Crippen molar-refractivity contribution in [2.75, 3.05) is 26.7 Å². The summed E-state index contributed by atoms with van der Waals surface area (Å²) in [6.45, 7) is 1.86. The van der Waals surface area contributed by atoms with Crippen molar-refractivity contribution in [3.63, 3.8) is 0 Å². The molecular weight excluding hydrogens is 130 g/mol. The molecule has 2 N–H and O–H groups in total. The van der Waals surface area contributed by atoms with Gasteiger partial charge in [-0.15, -0.1) is 0 Å². The highest BCUT2D eigenvalue weighted by Crippen LogP contribution is 2.14. The molecule has 1 aliphatic rings. The van der Waals surface area contributed by atoms with Gasteiger partial charge in [0, 0.05) is 25.6 Å². The zero-order valence-electron chi connectivity index (χ0n) is 6.32. The predicted molar refractivity (Wildman–Crippen MR) is 38.7 cm³/mol. The fraction of sp³-hybridized carbons (Fsp3) is 1.00. The zero-order valence-corrected chi connectivity index (χ0v) is 6.32. The number of likely N-dealkylation sites (tertiary alicyclic amines) is 1. The van der Waals surface area contributed by atoms with Gasteiger partial charge in [-0.3, -0.25) is 0 Å². The third-order valence-electron chi connectivity index (χ3n) is 2.13. The Bertz CT molecular complexity index is 108. The number of hydrogen-bond donors (Lipinski definition) is 2. The molecule has 0 spiro atoms. The average molecular weight is 145 g/mol. The SMILES string of the molecule is CN1CC[C@H](O)[C@@H](CO)C1. The molecule has 0 aliphatic carbocycles. The first-order valence-electron chi connectivity index (χ1n) is 3.71. The van der Waals surface area contributed by atoms with Crippen LogP contribution in [0.2, 0.25) is 0 Å². The molecule has 1 saturated heterocycles.